The van der Waals surface area contributed by atoms with E-state index in [2.05, 4.69) is 11.1 Å². The summed E-state index contributed by atoms with van der Waals surface area (Å²) in [6, 6.07) is 3.95. The molecule has 2 aliphatic heterocycles. The SMILES string of the molecule is CC(C)(C)OC(=O)N1CCC(COc2ccc(C3=CCC(C(=O)N4CC[C@H](O)C4)CC3)cn2)CC1. The molecular formula is C27H39N3O5. The molecule has 1 aromatic heterocycles. The van der Waals surface area contributed by atoms with Gasteiger partial charge in [-0.2, -0.15) is 0 Å². The third kappa shape index (κ3) is 6.97. The molecule has 8 heteroatoms. The molecule has 2 atom stereocenters. The van der Waals surface area contributed by atoms with Crippen LogP contribution in [0.25, 0.3) is 5.57 Å². The summed E-state index contributed by atoms with van der Waals surface area (Å²) in [5, 5.41) is 9.69. The van der Waals surface area contributed by atoms with Gasteiger partial charge in [-0.25, -0.2) is 9.78 Å². The Hall–Kier alpha value is -2.61. The molecule has 8 nitrogen and oxygen atoms in total. The van der Waals surface area contributed by atoms with Crippen LogP contribution in [0.15, 0.2) is 24.4 Å². The van der Waals surface area contributed by atoms with Gasteiger partial charge in [0.15, 0.2) is 0 Å². The number of aliphatic hydroxyl groups excluding tert-OH is 1. The number of carbonyl (C=O) groups is 2. The monoisotopic (exact) mass is 485 g/mol. The third-order valence-corrected chi connectivity index (χ3v) is 7.08. The summed E-state index contributed by atoms with van der Waals surface area (Å²) >= 11 is 0. The lowest BCUT2D eigenvalue weighted by Crippen LogP contribution is -2.42. The number of carbonyl (C=O) groups excluding carboxylic acids is 2. The Morgan fingerprint density at radius 2 is 1.83 bits per heavy atom. The summed E-state index contributed by atoms with van der Waals surface area (Å²) in [5.74, 6) is 1.19. The zero-order valence-corrected chi connectivity index (χ0v) is 21.2. The second-order valence-corrected chi connectivity index (χ2v) is 11.0. The van der Waals surface area contributed by atoms with Crippen molar-refractivity contribution in [1.82, 2.24) is 14.8 Å². The number of aliphatic hydroxyl groups is 1. The lowest BCUT2D eigenvalue weighted by molar-refractivity contribution is -0.135. The zero-order chi connectivity index (χ0) is 25.0. The zero-order valence-electron chi connectivity index (χ0n) is 21.2. The minimum atomic E-state index is -0.472. The van der Waals surface area contributed by atoms with Crippen molar-refractivity contribution in [3.05, 3.63) is 30.0 Å². The Labute approximate surface area is 208 Å². The fourth-order valence-electron chi connectivity index (χ4n) is 4.99. The van der Waals surface area contributed by atoms with Gasteiger partial charge in [0.25, 0.3) is 0 Å². The molecule has 1 aliphatic carbocycles. The molecule has 2 saturated heterocycles. The maximum atomic E-state index is 12.7. The predicted molar refractivity (Wildman–Crippen MR) is 133 cm³/mol. The Kier molecular flexibility index (Phi) is 7.99. The number of hydrogen-bond donors (Lipinski definition) is 1. The highest BCUT2D eigenvalue weighted by Crippen LogP contribution is 2.32. The van der Waals surface area contributed by atoms with Gasteiger partial charge in [-0.1, -0.05) is 6.08 Å². The van der Waals surface area contributed by atoms with Crippen LogP contribution in [-0.2, 0) is 9.53 Å². The number of pyridine rings is 1. The molecule has 0 saturated carbocycles. The first kappa shape index (κ1) is 25.5. The molecule has 35 heavy (non-hydrogen) atoms. The molecule has 192 valence electrons. The predicted octanol–water partition coefficient (Wildman–Crippen LogP) is 3.88. The quantitative estimate of drug-likeness (QED) is 0.680. The number of β-amino-alcohol motifs (C(OH)–C–C–N with tert-alkyl or cyclic N) is 1. The lowest BCUT2D eigenvalue weighted by atomic mass is 9.86. The maximum absolute atomic E-state index is 12.7. The van der Waals surface area contributed by atoms with E-state index in [1.165, 1.54) is 5.57 Å². The van der Waals surface area contributed by atoms with Gasteiger partial charge in [0.05, 0.1) is 12.7 Å². The van der Waals surface area contributed by atoms with E-state index >= 15 is 0 Å². The van der Waals surface area contributed by atoms with E-state index in [9.17, 15) is 14.7 Å². The van der Waals surface area contributed by atoms with Crippen molar-refractivity contribution in [2.24, 2.45) is 11.8 Å². The number of amides is 2. The largest absolute Gasteiger partial charge is 0.477 e. The van der Waals surface area contributed by atoms with Crippen LogP contribution in [0.2, 0.25) is 0 Å². The van der Waals surface area contributed by atoms with Crippen molar-refractivity contribution in [3.8, 4) is 5.88 Å². The highest BCUT2D eigenvalue weighted by Gasteiger charge is 2.31. The number of likely N-dealkylation sites (tertiary alicyclic amines) is 2. The molecule has 1 unspecified atom stereocenters. The molecule has 4 rings (SSSR count). The van der Waals surface area contributed by atoms with Crippen LogP contribution in [-0.4, -0.2) is 76.4 Å². The molecular weight excluding hydrogens is 446 g/mol. The van der Waals surface area contributed by atoms with Crippen molar-refractivity contribution in [2.45, 2.75) is 71.0 Å². The number of allylic oxidation sites excluding steroid dienone is 2. The van der Waals surface area contributed by atoms with Crippen LogP contribution in [0.4, 0.5) is 4.79 Å². The molecule has 0 bridgehead atoms. The van der Waals surface area contributed by atoms with Crippen molar-refractivity contribution in [3.63, 3.8) is 0 Å². The fraction of sp³-hybridized carbons (Fsp3) is 0.667. The lowest BCUT2D eigenvalue weighted by Gasteiger charge is -2.33. The van der Waals surface area contributed by atoms with E-state index in [-0.39, 0.29) is 24.0 Å². The summed E-state index contributed by atoms with van der Waals surface area (Å²) in [5.41, 5.74) is 1.83. The summed E-state index contributed by atoms with van der Waals surface area (Å²) < 4.78 is 11.4. The van der Waals surface area contributed by atoms with Gasteiger partial charge in [-0.3, -0.25) is 4.79 Å². The fourth-order valence-corrected chi connectivity index (χ4v) is 4.99. The van der Waals surface area contributed by atoms with Crippen molar-refractivity contribution < 1.29 is 24.2 Å². The third-order valence-electron chi connectivity index (χ3n) is 7.08. The first-order valence-corrected chi connectivity index (χ1v) is 12.9. The van der Waals surface area contributed by atoms with Crippen LogP contribution in [0.1, 0.15) is 64.9 Å². The molecule has 3 heterocycles. The van der Waals surface area contributed by atoms with Gasteiger partial charge in [0.2, 0.25) is 11.8 Å². The second kappa shape index (κ2) is 11.0. The molecule has 0 spiro atoms. The average Bonchev–Trinajstić information content (AvgIpc) is 3.28. The van der Waals surface area contributed by atoms with Gasteiger partial charge in [0.1, 0.15) is 5.60 Å². The van der Waals surface area contributed by atoms with E-state index < -0.39 is 5.60 Å². The number of piperidine rings is 1. The number of nitrogens with zero attached hydrogens (tertiary/aromatic N) is 3. The normalized spacial score (nSPS) is 23.7. The Morgan fingerprint density at radius 1 is 1.09 bits per heavy atom. The van der Waals surface area contributed by atoms with Gasteiger partial charge < -0.3 is 24.4 Å². The van der Waals surface area contributed by atoms with Crippen molar-refractivity contribution in [1.29, 1.82) is 0 Å². The van der Waals surface area contributed by atoms with Crippen LogP contribution < -0.4 is 4.74 Å². The van der Waals surface area contributed by atoms with Gasteiger partial charge in [-0.15, -0.1) is 0 Å². The molecule has 1 N–H and O–H groups in total. The Morgan fingerprint density at radius 3 is 2.40 bits per heavy atom. The van der Waals surface area contributed by atoms with Crippen LogP contribution in [0.3, 0.4) is 0 Å². The summed E-state index contributed by atoms with van der Waals surface area (Å²) in [4.78, 5) is 33.0. The molecule has 2 amide bonds. The molecule has 0 radical (unpaired) electrons. The summed E-state index contributed by atoms with van der Waals surface area (Å²) in [7, 11) is 0. The first-order chi connectivity index (χ1) is 16.7. The van der Waals surface area contributed by atoms with Crippen molar-refractivity contribution in [2.75, 3.05) is 32.8 Å². The minimum absolute atomic E-state index is 0.0151. The number of hydrogen-bond acceptors (Lipinski definition) is 6. The number of aromatic nitrogens is 1. The molecule has 3 aliphatic rings. The van der Waals surface area contributed by atoms with Crippen molar-refractivity contribution >= 4 is 17.6 Å². The summed E-state index contributed by atoms with van der Waals surface area (Å²) in [6.07, 6.45) is 8.29. The van der Waals surface area contributed by atoms with Gasteiger partial charge in [-0.05, 0) is 82.4 Å². The van der Waals surface area contributed by atoms with Crippen LogP contribution >= 0.6 is 0 Å². The maximum Gasteiger partial charge on any atom is 0.410 e. The molecule has 0 aromatic carbocycles. The molecule has 1 aromatic rings. The van der Waals surface area contributed by atoms with Gasteiger partial charge >= 0.3 is 6.09 Å². The van der Waals surface area contributed by atoms with Crippen LogP contribution in [0.5, 0.6) is 5.88 Å². The smallest absolute Gasteiger partial charge is 0.410 e. The minimum Gasteiger partial charge on any atom is -0.477 e. The van der Waals surface area contributed by atoms with Gasteiger partial charge in [0, 0.05) is 44.4 Å². The van der Waals surface area contributed by atoms with E-state index in [1.54, 1.807) is 4.90 Å². The molecule has 2 fully saturated rings. The standard InChI is InChI=1S/C27H39N3O5/c1-27(2,3)35-26(33)29-13-10-19(11-14-29)18-34-24-9-8-22(16-28-24)20-4-6-21(7-5-20)25(32)30-15-12-23(31)17-30/h4,8-9,16,19,21,23,31H,5-7,10-15,17-18H2,1-3H3/t21?,23-/m0/s1. The number of ether oxygens (including phenoxy) is 2. The average molecular weight is 486 g/mol. The second-order valence-electron chi connectivity index (χ2n) is 11.0. The van der Waals surface area contributed by atoms with E-state index in [0.29, 0.717) is 51.0 Å². The first-order valence-electron chi connectivity index (χ1n) is 12.9. The highest BCUT2D eigenvalue weighted by molar-refractivity contribution is 5.81. The topological polar surface area (TPSA) is 92.2 Å². The summed E-state index contributed by atoms with van der Waals surface area (Å²) in [6.45, 7) is 8.75. The highest BCUT2D eigenvalue weighted by atomic mass is 16.6. The van der Waals surface area contributed by atoms with Crippen LogP contribution in [0, 0.1) is 11.8 Å². The number of rotatable bonds is 5. The Balaban J connectivity index is 1.20. The Bertz CT molecular complexity index is 916. The van der Waals surface area contributed by atoms with E-state index in [1.807, 2.05) is 44.0 Å². The van der Waals surface area contributed by atoms with E-state index in [0.717, 1.165) is 37.7 Å². The van der Waals surface area contributed by atoms with E-state index in [4.69, 9.17) is 9.47 Å².